The standard InChI is InChI=1S/C29H29N3O4S/c1-30(16-17-31(2)19-23-21-36-28-15-9-7-13-26(28)29(23)33)18-22-20-32(27-14-8-6-12-25(22)27)37(34,35)24-10-4-3-5-11-24/h3-15,20-21H,16-19H2,1-2H3. The van der Waals surface area contributed by atoms with Crippen molar-refractivity contribution < 1.29 is 12.8 Å². The quantitative estimate of drug-likeness (QED) is 0.287. The predicted octanol–water partition coefficient (Wildman–Crippen LogP) is 4.55. The molecule has 2 heterocycles. The van der Waals surface area contributed by atoms with E-state index < -0.39 is 10.0 Å². The van der Waals surface area contributed by atoms with Crippen LogP contribution >= 0.6 is 0 Å². The molecule has 0 aliphatic heterocycles. The lowest BCUT2D eigenvalue weighted by Crippen LogP contribution is -2.31. The van der Waals surface area contributed by atoms with Crippen molar-refractivity contribution in [3.63, 3.8) is 0 Å². The Labute approximate surface area is 216 Å². The molecule has 0 N–H and O–H groups in total. The van der Waals surface area contributed by atoms with Crippen LogP contribution in [0.15, 0.2) is 105 Å². The molecule has 0 radical (unpaired) electrons. The summed E-state index contributed by atoms with van der Waals surface area (Å²) in [6, 6.07) is 23.3. The lowest BCUT2D eigenvalue weighted by molar-refractivity contribution is 0.246. The Morgan fingerprint density at radius 3 is 2.08 bits per heavy atom. The Hall–Kier alpha value is -3.72. The Morgan fingerprint density at radius 1 is 0.757 bits per heavy atom. The molecule has 0 bridgehead atoms. The minimum absolute atomic E-state index is 0.00510. The molecule has 3 aromatic carbocycles. The molecule has 0 unspecified atom stereocenters. The van der Waals surface area contributed by atoms with Gasteiger partial charge in [0.25, 0.3) is 10.0 Å². The third kappa shape index (κ3) is 5.09. The molecule has 0 aliphatic carbocycles. The fraction of sp³-hybridized carbons (Fsp3) is 0.207. The predicted molar refractivity (Wildman–Crippen MR) is 146 cm³/mol. The first-order chi connectivity index (χ1) is 17.8. The average molecular weight is 516 g/mol. The highest BCUT2D eigenvalue weighted by molar-refractivity contribution is 7.90. The maximum Gasteiger partial charge on any atom is 0.268 e. The first kappa shape index (κ1) is 25.0. The Morgan fingerprint density at radius 2 is 1.35 bits per heavy atom. The molecule has 8 heteroatoms. The number of hydrogen-bond acceptors (Lipinski definition) is 6. The summed E-state index contributed by atoms with van der Waals surface area (Å²) < 4.78 is 33.7. The van der Waals surface area contributed by atoms with Gasteiger partial charge in [-0.05, 0) is 50.0 Å². The van der Waals surface area contributed by atoms with Gasteiger partial charge in [0.2, 0.25) is 0 Å². The van der Waals surface area contributed by atoms with Crippen LogP contribution in [-0.4, -0.2) is 49.4 Å². The summed E-state index contributed by atoms with van der Waals surface area (Å²) in [6.07, 6.45) is 3.28. The van der Waals surface area contributed by atoms with Gasteiger partial charge < -0.3 is 14.2 Å². The fourth-order valence-corrected chi connectivity index (χ4v) is 5.97. The molecule has 0 atom stereocenters. The highest BCUT2D eigenvalue weighted by Gasteiger charge is 2.21. The van der Waals surface area contributed by atoms with Gasteiger partial charge in [-0.25, -0.2) is 12.4 Å². The topological polar surface area (TPSA) is 75.8 Å². The normalized spacial score (nSPS) is 12.2. The van der Waals surface area contributed by atoms with Gasteiger partial charge in [0, 0.05) is 43.3 Å². The number of rotatable bonds is 9. The van der Waals surface area contributed by atoms with E-state index in [0.717, 1.165) is 24.0 Å². The van der Waals surface area contributed by atoms with Crippen LogP contribution in [0.25, 0.3) is 21.9 Å². The van der Waals surface area contributed by atoms with Crippen LogP contribution in [-0.2, 0) is 23.1 Å². The number of aromatic nitrogens is 1. The molecule has 0 fully saturated rings. The molecule has 0 amide bonds. The minimum atomic E-state index is -3.71. The molecular formula is C29H29N3O4S. The van der Waals surface area contributed by atoms with E-state index in [2.05, 4.69) is 9.80 Å². The summed E-state index contributed by atoms with van der Waals surface area (Å²) in [6.45, 7) is 2.53. The third-order valence-corrected chi connectivity index (χ3v) is 8.24. The van der Waals surface area contributed by atoms with Crippen LogP contribution in [0.3, 0.4) is 0 Å². The zero-order valence-electron chi connectivity index (χ0n) is 20.9. The minimum Gasteiger partial charge on any atom is -0.464 e. The average Bonchev–Trinajstić information content (AvgIpc) is 3.29. The number of nitrogens with zero attached hydrogens (tertiary/aromatic N) is 3. The molecule has 37 heavy (non-hydrogen) atoms. The Balaban J connectivity index is 1.29. The largest absolute Gasteiger partial charge is 0.464 e. The van der Waals surface area contributed by atoms with Gasteiger partial charge in [-0.2, -0.15) is 0 Å². The zero-order valence-corrected chi connectivity index (χ0v) is 21.7. The van der Waals surface area contributed by atoms with Gasteiger partial charge >= 0.3 is 0 Å². The summed E-state index contributed by atoms with van der Waals surface area (Å²) in [4.78, 5) is 17.3. The van der Waals surface area contributed by atoms with Crippen LogP contribution in [0.2, 0.25) is 0 Å². The number of para-hydroxylation sites is 2. The van der Waals surface area contributed by atoms with E-state index in [4.69, 9.17) is 4.42 Å². The van der Waals surface area contributed by atoms with Gasteiger partial charge in [0.1, 0.15) is 5.58 Å². The highest BCUT2D eigenvalue weighted by Crippen LogP contribution is 2.26. The lowest BCUT2D eigenvalue weighted by atomic mass is 10.1. The van der Waals surface area contributed by atoms with Crippen molar-refractivity contribution in [2.45, 2.75) is 18.0 Å². The van der Waals surface area contributed by atoms with Crippen molar-refractivity contribution in [2.75, 3.05) is 27.2 Å². The number of fused-ring (bicyclic) bond motifs is 2. The van der Waals surface area contributed by atoms with Gasteiger partial charge in [-0.1, -0.05) is 48.5 Å². The van der Waals surface area contributed by atoms with Crippen molar-refractivity contribution in [3.05, 3.63) is 113 Å². The van der Waals surface area contributed by atoms with Gasteiger partial charge in [0.15, 0.2) is 5.43 Å². The molecule has 5 aromatic rings. The van der Waals surface area contributed by atoms with E-state index in [1.54, 1.807) is 54.9 Å². The third-order valence-electron chi connectivity index (χ3n) is 6.56. The number of hydrogen-bond donors (Lipinski definition) is 0. The second-order valence-electron chi connectivity index (χ2n) is 9.35. The first-order valence-corrected chi connectivity index (χ1v) is 13.5. The monoisotopic (exact) mass is 515 g/mol. The van der Waals surface area contributed by atoms with Crippen LogP contribution in [0.4, 0.5) is 0 Å². The molecule has 7 nitrogen and oxygen atoms in total. The van der Waals surface area contributed by atoms with E-state index >= 15 is 0 Å². The molecule has 0 saturated heterocycles. The lowest BCUT2D eigenvalue weighted by Gasteiger charge is -2.21. The number of benzene rings is 3. The van der Waals surface area contributed by atoms with Crippen LogP contribution < -0.4 is 5.43 Å². The maximum absolute atomic E-state index is 13.4. The summed E-state index contributed by atoms with van der Waals surface area (Å²) in [7, 11) is 0.274. The zero-order chi connectivity index (χ0) is 26.0. The van der Waals surface area contributed by atoms with Gasteiger partial charge in [-0.15, -0.1) is 0 Å². The molecule has 2 aromatic heterocycles. The summed E-state index contributed by atoms with van der Waals surface area (Å²) >= 11 is 0. The van der Waals surface area contributed by atoms with E-state index in [-0.39, 0.29) is 10.3 Å². The maximum atomic E-state index is 13.4. The smallest absolute Gasteiger partial charge is 0.268 e. The second-order valence-corrected chi connectivity index (χ2v) is 11.2. The number of likely N-dealkylation sites (N-methyl/N-ethyl adjacent to an activating group) is 2. The molecule has 0 saturated carbocycles. The van der Waals surface area contributed by atoms with E-state index in [0.29, 0.717) is 35.1 Å². The molecule has 190 valence electrons. The van der Waals surface area contributed by atoms with E-state index in [9.17, 15) is 13.2 Å². The Bertz CT molecular complexity index is 1710. The fourth-order valence-electron chi connectivity index (χ4n) is 4.56. The Kier molecular flexibility index (Phi) is 6.97. The van der Waals surface area contributed by atoms with Crippen molar-refractivity contribution >= 4 is 31.9 Å². The van der Waals surface area contributed by atoms with Crippen molar-refractivity contribution in [3.8, 4) is 0 Å². The van der Waals surface area contributed by atoms with Crippen LogP contribution in [0.5, 0.6) is 0 Å². The van der Waals surface area contributed by atoms with Crippen molar-refractivity contribution in [2.24, 2.45) is 0 Å². The van der Waals surface area contributed by atoms with Crippen LogP contribution in [0, 0.1) is 0 Å². The summed E-state index contributed by atoms with van der Waals surface area (Å²) in [5, 5.41) is 1.50. The van der Waals surface area contributed by atoms with E-state index in [1.165, 1.54) is 3.97 Å². The first-order valence-electron chi connectivity index (χ1n) is 12.1. The second kappa shape index (κ2) is 10.3. The molecule has 0 spiro atoms. The van der Waals surface area contributed by atoms with Gasteiger partial charge in [0.05, 0.1) is 22.1 Å². The van der Waals surface area contributed by atoms with E-state index in [1.807, 2.05) is 50.5 Å². The van der Waals surface area contributed by atoms with Crippen molar-refractivity contribution in [1.29, 1.82) is 0 Å². The van der Waals surface area contributed by atoms with Gasteiger partial charge in [-0.3, -0.25) is 4.79 Å². The SMILES string of the molecule is CN(CCN(C)Cc1cn(S(=O)(=O)c2ccccc2)c2ccccc12)Cc1coc2ccccc2c1=O. The highest BCUT2D eigenvalue weighted by atomic mass is 32.2. The molecular weight excluding hydrogens is 486 g/mol. The summed E-state index contributed by atoms with van der Waals surface area (Å²) in [5.74, 6) is 0. The van der Waals surface area contributed by atoms with Crippen LogP contribution in [0.1, 0.15) is 11.1 Å². The molecule has 0 aliphatic rings. The van der Waals surface area contributed by atoms with Crippen molar-refractivity contribution in [1.82, 2.24) is 13.8 Å². The summed E-state index contributed by atoms with van der Waals surface area (Å²) in [5.41, 5.74) is 2.81. The molecule has 5 rings (SSSR count).